The number of aliphatic hydroxyl groups is 1. The van der Waals surface area contributed by atoms with Gasteiger partial charge in [0.1, 0.15) is 5.76 Å². The fourth-order valence-electron chi connectivity index (χ4n) is 1.95. The first-order chi connectivity index (χ1) is 7.52. The van der Waals surface area contributed by atoms with E-state index in [0.717, 1.165) is 23.1 Å². The molecule has 16 heavy (non-hydrogen) atoms. The molecule has 4 heteroatoms. The smallest absolute Gasteiger partial charge is 0.134 e. The van der Waals surface area contributed by atoms with Gasteiger partial charge in [-0.2, -0.15) is 0 Å². The Morgan fingerprint density at radius 2 is 2.31 bits per heavy atom. The molecule has 0 aromatic carbocycles. The summed E-state index contributed by atoms with van der Waals surface area (Å²) in [6, 6.07) is 1.96. The van der Waals surface area contributed by atoms with E-state index in [2.05, 4.69) is 28.2 Å². The van der Waals surface area contributed by atoms with Crippen LogP contribution < -0.4 is 5.32 Å². The van der Waals surface area contributed by atoms with Crippen molar-refractivity contribution in [1.29, 1.82) is 0 Å². The lowest BCUT2D eigenvalue weighted by molar-refractivity contribution is 0.149. The lowest BCUT2D eigenvalue weighted by atomic mass is 9.96. The zero-order valence-corrected chi connectivity index (χ0v) is 11.7. The first-order valence-corrected chi connectivity index (χ1v) is 6.43. The molecule has 0 aliphatic heterocycles. The maximum Gasteiger partial charge on any atom is 0.134 e. The van der Waals surface area contributed by atoms with Crippen molar-refractivity contribution in [3.05, 3.63) is 22.6 Å². The zero-order chi connectivity index (χ0) is 12.2. The van der Waals surface area contributed by atoms with E-state index < -0.39 is 0 Å². The van der Waals surface area contributed by atoms with Gasteiger partial charge in [0.2, 0.25) is 0 Å². The molecule has 1 aromatic heterocycles. The lowest BCUT2D eigenvalue weighted by Crippen LogP contribution is -2.46. The minimum atomic E-state index is -0.250. The van der Waals surface area contributed by atoms with E-state index in [9.17, 15) is 5.11 Å². The van der Waals surface area contributed by atoms with E-state index in [1.165, 1.54) is 0 Å². The molecule has 0 amide bonds. The topological polar surface area (TPSA) is 45.4 Å². The van der Waals surface area contributed by atoms with Gasteiger partial charge in [-0.25, -0.2) is 0 Å². The predicted octanol–water partition coefficient (Wildman–Crippen LogP) is 3.24. The van der Waals surface area contributed by atoms with Gasteiger partial charge in [0.05, 0.1) is 23.4 Å². The molecular weight excluding hydrogens is 270 g/mol. The first-order valence-electron chi connectivity index (χ1n) is 5.64. The third-order valence-corrected chi connectivity index (χ3v) is 3.41. The van der Waals surface area contributed by atoms with Crippen molar-refractivity contribution in [2.75, 3.05) is 6.61 Å². The maximum atomic E-state index is 9.43. The number of hydrogen-bond donors (Lipinski definition) is 2. The molecule has 2 atom stereocenters. The number of nitrogens with one attached hydrogen (secondary N) is 1. The Labute approximate surface area is 105 Å². The van der Waals surface area contributed by atoms with Crippen LogP contribution >= 0.6 is 15.9 Å². The van der Waals surface area contributed by atoms with Crippen molar-refractivity contribution in [3.63, 3.8) is 0 Å². The van der Waals surface area contributed by atoms with Crippen LogP contribution in [0.25, 0.3) is 0 Å². The van der Waals surface area contributed by atoms with Crippen molar-refractivity contribution in [2.24, 2.45) is 0 Å². The van der Waals surface area contributed by atoms with Crippen LogP contribution in [0.4, 0.5) is 0 Å². The fraction of sp³-hybridized carbons (Fsp3) is 0.667. The average Bonchev–Trinajstić information content (AvgIpc) is 2.65. The Morgan fingerprint density at radius 1 is 1.62 bits per heavy atom. The molecule has 1 heterocycles. The van der Waals surface area contributed by atoms with Gasteiger partial charge in [0.15, 0.2) is 0 Å². The summed E-state index contributed by atoms with van der Waals surface area (Å²) < 4.78 is 6.37. The van der Waals surface area contributed by atoms with Gasteiger partial charge in [0, 0.05) is 5.54 Å². The molecular formula is C12H20BrNO2. The Kier molecular flexibility index (Phi) is 5.02. The average molecular weight is 290 g/mol. The van der Waals surface area contributed by atoms with E-state index in [0.29, 0.717) is 0 Å². The quantitative estimate of drug-likeness (QED) is 0.845. The van der Waals surface area contributed by atoms with Crippen molar-refractivity contribution in [1.82, 2.24) is 5.32 Å². The summed E-state index contributed by atoms with van der Waals surface area (Å²) in [4.78, 5) is 0. The second-order valence-corrected chi connectivity index (χ2v) is 5.32. The number of hydrogen-bond acceptors (Lipinski definition) is 3. The van der Waals surface area contributed by atoms with Gasteiger partial charge in [-0.1, -0.05) is 13.3 Å². The molecule has 0 spiro atoms. The van der Waals surface area contributed by atoms with Gasteiger partial charge < -0.3 is 9.52 Å². The molecule has 2 N–H and O–H groups in total. The van der Waals surface area contributed by atoms with Crippen molar-refractivity contribution in [3.8, 4) is 0 Å². The maximum absolute atomic E-state index is 9.43. The van der Waals surface area contributed by atoms with Crippen LogP contribution in [-0.2, 0) is 0 Å². The summed E-state index contributed by atoms with van der Waals surface area (Å²) in [5.74, 6) is 0.871. The van der Waals surface area contributed by atoms with Crippen LogP contribution in [0, 0.1) is 0 Å². The Morgan fingerprint density at radius 3 is 2.75 bits per heavy atom. The molecule has 0 saturated heterocycles. The monoisotopic (exact) mass is 289 g/mol. The molecule has 1 rings (SSSR count). The molecule has 0 aliphatic carbocycles. The Hall–Kier alpha value is -0.320. The third kappa shape index (κ3) is 3.34. The van der Waals surface area contributed by atoms with Gasteiger partial charge in [-0.15, -0.1) is 0 Å². The molecule has 0 radical (unpaired) electrons. The van der Waals surface area contributed by atoms with Crippen LogP contribution in [0.15, 0.2) is 21.2 Å². The molecule has 1 aromatic rings. The minimum Gasteiger partial charge on any atom is -0.466 e. The highest BCUT2D eigenvalue weighted by Crippen LogP contribution is 2.26. The van der Waals surface area contributed by atoms with E-state index in [1.807, 2.05) is 19.9 Å². The predicted molar refractivity (Wildman–Crippen MR) is 68.4 cm³/mol. The zero-order valence-electron chi connectivity index (χ0n) is 10.1. The van der Waals surface area contributed by atoms with E-state index in [4.69, 9.17) is 4.42 Å². The molecule has 0 saturated carbocycles. The largest absolute Gasteiger partial charge is 0.466 e. The Balaban J connectivity index is 2.69. The van der Waals surface area contributed by atoms with Crippen LogP contribution in [0.5, 0.6) is 0 Å². The van der Waals surface area contributed by atoms with Crippen LogP contribution in [0.3, 0.4) is 0 Å². The standard InChI is InChI=1S/C12H20BrNO2/c1-4-6-12(3,8-15)14-9(2)11-10(13)5-7-16-11/h5,7,9,14-15H,4,6,8H2,1-3H3. The second-order valence-electron chi connectivity index (χ2n) is 4.47. The SMILES string of the molecule is CCCC(C)(CO)NC(C)c1occc1Br. The van der Waals surface area contributed by atoms with Crippen molar-refractivity contribution in [2.45, 2.75) is 45.2 Å². The van der Waals surface area contributed by atoms with Gasteiger partial charge in [-0.05, 0) is 42.3 Å². The highest BCUT2D eigenvalue weighted by atomic mass is 79.9. The van der Waals surface area contributed by atoms with Crippen molar-refractivity contribution < 1.29 is 9.52 Å². The first kappa shape index (κ1) is 13.7. The van der Waals surface area contributed by atoms with Gasteiger partial charge in [0.25, 0.3) is 0 Å². The van der Waals surface area contributed by atoms with E-state index >= 15 is 0 Å². The molecule has 0 bridgehead atoms. The number of rotatable bonds is 6. The molecule has 2 unspecified atom stereocenters. The summed E-state index contributed by atoms with van der Waals surface area (Å²) >= 11 is 3.44. The lowest BCUT2D eigenvalue weighted by Gasteiger charge is -2.31. The summed E-state index contributed by atoms with van der Waals surface area (Å²) in [7, 11) is 0. The van der Waals surface area contributed by atoms with E-state index in [-0.39, 0.29) is 18.2 Å². The second kappa shape index (κ2) is 5.84. The Bertz CT molecular complexity index is 327. The third-order valence-electron chi connectivity index (χ3n) is 2.75. The van der Waals surface area contributed by atoms with Crippen LogP contribution in [0.2, 0.25) is 0 Å². The normalized spacial score (nSPS) is 17.1. The highest BCUT2D eigenvalue weighted by Gasteiger charge is 2.26. The molecule has 3 nitrogen and oxygen atoms in total. The molecule has 0 fully saturated rings. The van der Waals surface area contributed by atoms with Crippen LogP contribution in [0.1, 0.15) is 45.4 Å². The summed E-state index contributed by atoms with van der Waals surface area (Å²) in [6.07, 6.45) is 3.63. The number of aliphatic hydroxyl groups excluding tert-OH is 1. The number of halogens is 1. The summed E-state index contributed by atoms with van der Waals surface area (Å²) in [5, 5.41) is 12.8. The molecule has 0 aliphatic rings. The molecule has 92 valence electrons. The van der Waals surface area contributed by atoms with Gasteiger partial charge >= 0.3 is 0 Å². The van der Waals surface area contributed by atoms with Crippen molar-refractivity contribution >= 4 is 15.9 Å². The summed E-state index contributed by atoms with van der Waals surface area (Å²) in [5.41, 5.74) is -0.250. The van der Waals surface area contributed by atoms with E-state index in [1.54, 1.807) is 6.26 Å². The highest BCUT2D eigenvalue weighted by molar-refractivity contribution is 9.10. The minimum absolute atomic E-state index is 0.0769. The van der Waals surface area contributed by atoms with Crippen LogP contribution in [-0.4, -0.2) is 17.3 Å². The fourth-order valence-corrected chi connectivity index (χ4v) is 2.50. The summed E-state index contributed by atoms with van der Waals surface area (Å²) in [6.45, 7) is 6.31. The van der Waals surface area contributed by atoms with Gasteiger partial charge in [-0.3, -0.25) is 5.32 Å². The number of furan rings is 1.